The molecule has 9 heavy (non-hydrogen) atoms. The monoisotopic (exact) mass is 121 g/mol. The van der Waals surface area contributed by atoms with Gasteiger partial charge in [-0.3, -0.25) is 0 Å². The van der Waals surface area contributed by atoms with Crippen LogP contribution in [0.25, 0.3) is 0 Å². The minimum absolute atomic E-state index is 0.0312. The van der Waals surface area contributed by atoms with E-state index in [1.165, 1.54) is 5.57 Å². The highest BCUT2D eigenvalue weighted by Gasteiger charge is 2.02. The first-order valence-electron chi connectivity index (χ1n) is 3.09. The minimum Gasteiger partial charge on any atom is -0.321 e. The smallest absolute Gasteiger partial charge is 0.0475 e. The largest absolute Gasteiger partial charge is 0.321 e. The van der Waals surface area contributed by atoms with E-state index in [4.69, 9.17) is 5.73 Å². The molecule has 0 aromatic carbocycles. The molecule has 1 nitrogen and oxygen atoms in total. The van der Waals surface area contributed by atoms with E-state index in [9.17, 15) is 0 Å². The molecule has 0 aliphatic heterocycles. The van der Waals surface area contributed by atoms with Gasteiger partial charge in [-0.25, -0.2) is 0 Å². The van der Waals surface area contributed by atoms with E-state index in [-0.39, 0.29) is 6.04 Å². The first-order chi connectivity index (χ1) is 4.34. The maximum atomic E-state index is 5.64. The predicted molar refractivity (Wildman–Crippen MR) is 40.0 cm³/mol. The Morgan fingerprint density at radius 3 is 3.00 bits per heavy atom. The van der Waals surface area contributed by atoms with Crippen LogP contribution in [0.3, 0.4) is 0 Å². The fraction of sp³-hybridized carbons (Fsp3) is 0.250. The number of rotatable bonds is 2. The van der Waals surface area contributed by atoms with Gasteiger partial charge in [0.25, 0.3) is 0 Å². The third kappa shape index (κ3) is 1.30. The Morgan fingerprint density at radius 2 is 2.56 bits per heavy atom. The molecule has 0 aromatic heterocycles. The number of allylic oxidation sites excluding steroid dienone is 2. The summed E-state index contributed by atoms with van der Waals surface area (Å²) in [6.07, 6.45) is 9.04. The van der Waals surface area contributed by atoms with Gasteiger partial charge >= 0.3 is 0 Å². The van der Waals surface area contributed by atoms with E-state index < -0.39 is 0 Å². The van der Waals surface area contributed by atoms with Gasteiger partial charge in [-0.05, 0) is 12.0 Å². The zero-order chi connectivity index (χ0) is 6.69. The van der Waals surface area contributed by atoms with E-state index in [1.807, 2.05) is 6.08 Å². The van der Waals surface area contributed by atoms with Crippen LogP contribution in [-0.2, 0) is 0 Å². The van der Waals surface area contributed by atoms with Crippen LogP contribution in [0.4, 0.5) is 0 Å². The van der Waals surface area contributed by atoms with E-state index in [1.54, 1.807) is 6.08 Å². The first-order valence-corrected chi connectivity index (χ1v) is 3.09. The lowest BCUT2D eigenvalue weighted by Crippen LogP contribution is -2.17. The maximum absolute atomic E-state index is 5.64. The average Bonchev–Trinajstić information content (AvgIpc) is 2.37. The van der Waals surface area contributed by atoms with Crippen molar-refractivity contribution in [2.24, 2.45) is 5.73 Å². The molecule has 0 heterocycles. The Morgan fingerprint density at radius 1 is 1.78 bits per heavy atom. The van der Waals surface area contributed by atoms with Crippen LogP contribution in [0.5, 0.6) is 0 Å². The molecule has 48 valence electrons. The summed E-state index contributed by atoms with van der Waals surface area (Å²) in [4.78, 5) is 0. The average molecular weight is 121 g/mol. The normalized spacial score (nSPS) is 19.4. The third-order valence-electron chi connectivity index (χ3n) is 1.44. The van der Waals surface area contributed by atoms with Gasteiger partial charge in [0.05, 0.1) is 0 Å². The summed E-state index contributed by atoms with van der Waals surface area (Å²) in [5.41, 5.74) is 6.83. The molecule has 0 aromatic rings. The molecule has 1 heteroatoms. The van der Waals surface area contributed by atoms with Gasteiger partial charge in [-0.15, -0.1) is 6.58 Å². The number of nitrogens with two attached hydrogens (primary N) is 1. The van der Waals surface area contributed by atoms with E-state index in [2.05, 4.69) is 18.7 Å². The zero-order valence-corrected chi connectivity index (χ0v) is 5.38. The second kappa shape index (κ2) is 2.65. The van der Waals surface area contributed by atoms with Crippen LogP contribution in [0, 0.1) is 0 Å². The van der Waals surface area contributed by atoms with Gasteiger partial charge in [-0.1, -0.05) is 24.3 Å². The molecule has 1 atom stereocenters. The van der Waals surface area contributed by atoms with Crippen LogP contribution >= 0.6 is 0 Å². The first kappa shape index (κ1) is 6.30. The summed E-state index contributed by atoms with van der Waals surface area (Å²) in [6, 6.07) is 0.0312. The molecular formula is C8H11N. The topological polar surface area (TPSA) is 26.0 Å². The van der Waals surface area contributed by atoms with Crippen molar-refractivity contribution < 1.29 is 0 Å². The van der Waals surface area contributed by atoms with Crippen molar-refractivity contribution in [1.82, 2.24) is 0 Å². The van der Waals surface area contributed by atoms with E-state index in [0.717, 1.165) is 6.42 Å². The van der Waals surface area contributed by atoms with Crippen molar-refractivity contribution in [2.75, 3.05) is 0 Å². The van der Waals surface area contributed by atoms with Gasteiger partial charge in [0.15, 0.2) is 0 Å². The predicted octanol–water partition coefficient (Wildman–Crippen LogP) is 1.39. The van der Waals surface area contributed by atoms with E-state index in [0.29, 0.717) is 0 Å². The van der Waals surface area contributed by atoms with Crippen molar-refractivity contribution >= 4 is 0 Å². The van der Waals surface area contributed by atoms with Crippen molar-refractivity contribution in [3.8, 4) is 0 Å². The second-order valence-electron chi connectivity index (χ2n) is 2.10. The van der Waals surface area contributed by atoms with Crippen molar-refractivity contribution in [1.29, 1.82) is 0 Å². The van der Waals surface area contributed by atoms with Crippen LogP contribution < -0.4 is 5.73 Å². The lowest BCUT2D eigenvalue weighted by atomic mass is 10.1. The highest BCUT2D eigenvalue weighted by molar-refractivity contribution is 5.33. The summed E-state index contributed by atoms with van der Waals surface area (Å²) in [6.45, 7) is 3.61. The lowest BCUT2D eigenvalue weighted by molar-refractivity contribution is 0.985. The SMILES string of the molecule is C=CC(N)C1=CCC=C1. The maximum Gasteiger partial charge on any atom is 0.0475 e. The molecule has 2 N–H and O–H groups in total. The molecule has 0 bridgehead atoms. The molecule has 0 fully saturated rings. The van der Waals surface area contributed by atoms with Crippen LogP contribution in [0.2, 0.25) is 0 Å². The molecular weight excluding hydrogens is 110 g/mol. The molecule has 0 radical (unpaired) electrons. The van der Waals surface area contributed by atoms with Crippen molar-refractivity contribution in [2.45, 2.75) is 12.5 Å². The van der Waals surface area contributed by atoms with Crippen molar-refractivity contribution in [3.05, 3.63) is 36.5 Å². The van der Waals surface area contributed by atoms with Crippen molar-refractivity contribution in [3.63, 3.8) is 0 Å². The van der Waals surface area contributed by atoms with Gasteiger partial charge < -0.3 is 5.73 Å². The Balaban J connectivity index is 2.61. The Bertz CT molecular complexity index is 165. The summed E-state index contributed by atoms with van der Waals surface area (Å²) < 4.78 is 0. The van der Waals surface area contributed by atoms with Gasteiger partial charge in [0.1, 0.15) is 0 Å². The molecule has 1 aliphatic rings. The summed E-state index contributed by atoms with van der Waals surface area (Å²) in [5, 5.41) is 0. The van der Waals surface area contributed by atoms with Gasteiger partial charge in [-0.2, -0.15) is 0 Å². The summed E-state index contributed by atoms with van der Waals surface area (Å²) in [7, 11) is 0. The Labute approximate surface area is 55.6 Å². The van der Waals surface area contributed by atoms with Crippen LogP contribution in [-0.4, -0.2) is 6.04 Å². The Kier molecular flexibility index (Phi) is 1.85. The Hall–Kier alpha value is -0.820. The molecule has 0 saturated carbocycles. The highest BCUT2D eigenvalue weighted by atomic mass is 14.6. The fourth-order valence-electron chi connectivity index (χ4n) is 0.860. The minimum atomic E-state index is 0.0312. The fourth-order valence-corrected chi connectivity index (χ4v) is 0.860. The van der Waals surface area contributed by atoms with Crippen LogP contribution in [0.1, 0.15) is 6.42 Å². The molecule has 0 amide bonds. The van der Waals surface area contributed by atoms with Gasteiger partial charge in [0.2, 0.25) is 0 Å². The standard InChI is InChI=1S/C8H11N/c1-2-8(9)7-5-3-4-6-7/h2-3,5-6,8H,1,4,9H2. The van der Waals surface area contributed by atoms with Crippen LogP contribution in [0.15, 0.2) is 36.5 Å². The summed E-state index contributed by atoms with van der Waals surface area (Å²) >= 11 is 0. The molecule has 1 unspecified atom stereocenters. The lowest BCUT2D eigenvalue weighted by Gasteiger charge is -2.02. The molecule has 0 spiro atoms. The zero-order valence-electron chi connectivity index (χ0n) is 5.38. The molecule has 0 saturated heterocycles. The quantitative estimate of drug-likeness (QED) is 0.549. The number of hydrogen-bond donors (Lipinski definition) is 1. The number of hydrogen-bond acceptors (Lipinski definition) is 1. The molecule has 1 rings (SSSR count). The highest BCUT2D eigenvalue weighted by Crippen LogP contribution is 2.11. The molecule has 1 aliphatic carbocycles. The van der Waals surface area contributed by atoms with E-state index >= 15 is 0 Å². The second-order valence-corrected chi connectivity index (χ2v) is 2.10. The summed E-state index contributed by atoms with van der Waals surface area (Å²) in [5.74, 6) is 0. The third-order valence-corrected chi connectivity index (χ3v) is 1.44. The van der Waals surface area contributed by atoms with Gasteiger partial charge in [0, 0.05) is 6.04 Å².